The van der Waals surface area contributed by atoms with Crippen LogP contribution in [-0.2, 0) is 4.79 Å². The lowest BCUT2D eigenvalue weighted by Crippen LogP contribution is -2.52. The van der Waals surface area contributed by atoms with Gasteiger partial charge in [0.05, 0.1) is 12.7 Å². The molecular formula is C30H39ClN2O4. The summed E-state index contributed by atoms with van der Waals surface area (Å²) in [7, 11) is 0. The highest BCUT2D eigenvalue weighted by Gasteiger charge is 2.41. The summed E-state index contributed by atoms with van der Waals surface area (Å²) in [5, 5.41) is 10.6. The minimum Gasteiger partial charge on any atom is -0.493 e. The number of hydrogen-bond donors (Lipinski definition) is 1. The molecule has 200 valence electrons. The van der Waals surface area contributed by atoms with Crippen LogP contribution in [-0.4, -0.2) is 65.6 Å². The first-order chi connectivity index (χ1) is 17.6. The third kappa shape index (κ3) is 6.29. The molecule has 2 saturated heterocycles. The van der Waals surface area contributed by atoms with Gasteiger partial charge in [-0.2, -0.15) is 0 Å². The Morgan fingerprint density at radius 3 is 2.24 bits per heavy atom. The van der Waals surface area contributed by atoms with Gasteiger partial charge in [-0.3, -0.25) is 9.59 Å². The Bertz CT molecular complexity index is 1120. The van der Waals surface area contributed by atoms with Gasteiger partial charge in [0.1, 0.15) is 5.75 Å². The summed E-state index contributed by atoms with van der Waals surface area (Å²) in [5.41, 5.74) is 4.08. The van der Waals surface area contributed by atoms with Crippen molar-refractivity contribution < 1.29 is 19.4 Å². The number of likely N-dealkylation sites (tertiary alicyclic amines) is 2. The summed E-state index contributed by atoms with van der Waals surface area (Å²) in [4.78, 5) is 30.9. The average Bonchev–Trinajstić information content (AvgIpc) is 2.86. The van der Waals surface area contributed by atoms with Gasteiger partial charge in [-0.05, 0) is 87.8 Å². The Hall–Kier alpha value is -2.57. The number of aliphatic hydroxyl groups excluding tert-OH is 1. The number of halogens is 1. The van der Waals surface area contributed by atoms with Crippen LogP contribution in [0.2, 0.25) is 5.02 Å². The van der Waals surface area contributed by atoms with Crippen molar-refractivity contribution >= 4 is 23.4 Å². The lowest BCUT2D eigenvalue weighted by molar-refractivity contribution is -0.137. The summed E-state index contributed by atoms with van der Waals surface area (Å²) in [6, 6.07) is 9.78. The molecule has 2 aromatic rings. The normalized spacial score (nSPS) is 20.7. The number of amides is 2. The van der Waals surface area contributed by atoms with E-state index in [1.807, 2.05) is 67.8 Å². The van der Waals surface area contributed by atoms with Gasteiger partial charge in [-0.25, -0.2) is 0 Å². The lowest BCUT2D eigenvalue weighted by atomic mass is 9.76. The first-order valence-electron chi connectivity index (χ1n) is 13.3. The maximum absolute atomic E-state index is 13.7. The van der Waals surface area contributed by atoms with E-state index in [0.29, 0.717) is 52.0 Å². The maximum atomic E-state index is 13.7. The fourth-order valence-corrected chi connectivity index (χ4v) is 5.89. The Labute approximate surface area is 225 Å². The van der Waals surface area contributed by atoms with E-state index in [2.05, 4.69) is 0 Å². The minimum absolute atomic E-state index is 0.0198. The number of nitrogens with zero attached hydrogens (tertiary/aromatic N) is 2. The molecule has 0 bridgehead atoms. The molecule has 6 nitrogen and oxygen atoms in total. The van der Waals surface area contributed by atoms with Crippen LogP contribution in [0.1, 0.15) is 64.7 Å². The van der Waals surface area contributed by atoms with Gasteiger partial charge < -0.3 is 19.6 Å². The number of piperidine rings is 2. The summed E-state index contributed by atoms with van der Waals surface area (Å²) in [5.74, 6) is 0.817. The topological polar surface area (TPSA) is 70.1 Å². The second-order valence-electron chi connectivity index (χ2n) is 11.0. The van der Waals surface area contributed by atoms with E-state index in [4.69, 9.17) is 16.3 Å². The molecule has 37 heavy (non-hydrogen) atoms. The van der Waals surface area contributed by atoms with Crippen LogP contribution in [0.25, 0.3) is 0 Å². The van der Waals surface area contributed by atoms with Gasteiger partial charge in [0.25, 0.3) is 5.91 Å². The number of rotatable bonds is 6. The highest BCUT2D eigenvalue weighted by molar-refractivity contribution is 6.32. The van der Waals surface area contributed by atoms with Gasteiger partial charge in [-0.1, -0.05) is 29.8 Å². The largest absolute Gasteiger partial charge is 0.493 e. The number of hydrogen-bond acceptors (Lipinski definition) is 4. The quantitative estimate of drug-likeness (QED) is 0.558. The summed E-state index contributed by atoms with van der Waals surface area (Å²) < 4.78 is 6.34. The molecule has 0 aliphatic carbocycles. The van der Waals surface area contributed by atoms with Gasteiger partial charge in [0.2, 0.25) is 5.91 Å². The Morgan fingerprint density at radius 2 is 1.62 bits per heavy atom. The van der Waals surface area contributed by atoms with Crippen molar-refractivity contribution in [3.8, 4) is 5.75 Å². The number of benzene rings is 2. The van der Waals surface area contributed by atoms with E-state index in [0.717, 1.165) is 51.4 Å². The van der Waals surface area contributed by atoms with E-state index in [1.54, 1.807) is 0 Å². The molecule has 2 heterocycles. The van der Waals surface area contributed by atoms with E-state index in [9.17, 15) is 14.7 Å². The van der Waals surface area contributed by atoms with Crippen LogP contribution in [0.3, 0.4) is 0 Å². The molecule has 2 amide bonds. The van der Waals surface area contributed by atoms with Crippen LogP contribution in [0.5, 0.6) is 5.75 Å². The number of ether oxygens (including phenoxy) is 1. The molecule has 1 atom stereocenters. The van der Waals surface area contributed by atoms with Gasteiger partial charge in [0.15, 0.2) is 0 Å². The minimum atomic E-state index is -0.501. The van der Waals surface area contributed by atoms with E-state index >= 15 is 0 Å². The second-order valence-corrected chi connectivity index (χ2v) is 11.4. The van der Waals surface area contributed by atoms with Crippen LogP contribution in [0.4, 0.5) is 0 Å². The molecule has 0 unspecified atom stereocenters. The smallest absolute Gasteiger partial charge is 0.254 e. The van der Waals surface area contributed by atoms with E-state index < -0.39 is 5.41 Å². The molecule has 2 aromatic carbocycles. The predicted molar refractivity (Wildman–Crippen MR) is 146 cm³/mol. The van der Waals surface area contributed by atoms with Crippen LogP contribution < -0.4 is 4.74 Å². The van der Waals surface area contributed by atoms with Crippen molar-refractivity contribution in [2.75, 3.05) is 32.8 Å². The highest BCUT2D eigenvalue weighted by atomic mass is 35.5. The fourth-order valence-electron chi connectivity index (χ4n) is 5.78. The van der Waals surface area contributed by atoms with Crippen LogP contribution in [0, 0.1) is 33.1 Å². The summed E-state index contributed by atoms with van der Waals surface area (Å²) >= 11 is 6.36. The molecule has 0 saturated carbocycles. The van der Waals surface area contributed by atoms with Crippen molar-refractivity contribution in [1.29, 1.82) is 0 Å². The van der Waals surface area contributed by atoms with Gasteiger partial charge >= 0.3 is 0 Å². The Balaban J connectivity index is 1.58. The first-order valence-corrected chi connectivity index (χ1v) is 13.7. The SMILES string of the molecule is Cc1cc(OC[C@]2(CC(=O)N3CCC(O)CC3)CCCN(C(=O)c3c(C)cccc3C)C2)cc(C)c1Cl. The zero-order chi connectivity index (χ0) is 26.7. The number of carbonyl (C=O) groups is 2. The fraction of sp³-hybridized carbons (Fsp3) is 0.533. The molecule has 1 N–H and O–H groups in total. The Morgan fingerprint density at radius 1 is 1.00 bits per heavy atom. The maximum Gasteiger partial charge on any atom is 0.254 e. The molecule has 2 fully saturated rings. The zero-order valence-electron chi connectivity index (χ0n) is 22.5. The van der Waals surface area contributed by atoms with Gasteiger partial charge in [-0.15, -0.1) is 0 Å². The van der Waals surface area contributed by atoms with Crippen molar-refractivity contribution in [3.05, 3.63) is 63.2 Å². The highest BCUT2D eigenvalue weighted by Crippen LogP contribution is 2.37. The summed E-state index contributed by atoms with van der Waals surface area (Å²) in [6.45, 7) is 10.5. The molecule has 7 heteroatoms. The molecule has 2 aliphatic heterocycles. The monoisotopic (exact) mass is 526 g/mol. The third-order valence-electron chi connectivity index (χ3n) is 7.94. The molecular weight excluding hydrogens is 488 g/mol. The predicted octanol–water partition coefficient (Wildman–Crippen LogP) is 5.25. The molecule has 2 aliphatic rings. The standard InChI is InChI=1S/C30H39ClN2O4/c1-20-7-5-8-21(2)27(20)29(36)33-12-6-11-30(18-33,17-26(35)32-13-9-24(34)10-14-32)19-37-25-15-22(3)28(31)23(4)16-25/h5,7-8,15-16,24,34H,6,9-14,17-19H2,1-4H3/t30-/m0/s1. The van der Waals surface area contributed by atoms with Gasteiger partial charge in [0, 0.05) is 48.6 Å². The van der Waals surface area contributed by atoms with Crippen molar-refractivity contribution in [1.82, 2.24) is 9.80 Å². The molecule has 4 rings (SSSR count). The van der Waals surface area contributed by atoms with Crippen molar-refractivity contribution in [3.63, 3.8) is 0 Å². The summed E-state index contributed by atoms with van der Waals surface area (Å²) in [6.07, 6.45) is 2.80. The molecule has 0 radical (unpaired) electrons. The van der Waals surface area contributed by atoms with Crippen molar-refractivity contribution in [2.45, 2.75) is 65.9 Å². The molecule has 0 aromatic heterocycles. The van der Waals surface area contributed by atoms with Crippen LogP contribution in [0.15, 0.2) is 30.3 Å². The van der Waals surface area contributed by atoms with E-state index in [-0.39, 0.29) is 17.9 Å². The zero-order valence-corrected chi connectivity index (χ0v) is 23.2. The number of aliphatic hydroxyl groups is 1. The van der Waals surface area contributed by atoms with Crippen molar-refractivity contribution in [2.24, 2.45) is 5.41 Å². The molecule has 0 spiro atoms. The second kappa shape index (κ2) is 11.4. The Kier molecular flexibility index (Phi) is 8.49. The third-order valence-corrected chi connectivity index (χ3v) is 8.54. The number of aryl methyl sites for hydroxylation is 4. The van der Waals surface area contributed by atoms with E-state index in [1.165, 1.54) is 0 Å². The van der Waals surface area contributed by atoms with Crippen LogP contribution >= 0.6 is 11.6 Å². The number of carbonyl (C=O) groups excluding carboxylic acids is 2. The average molecular weight is 527 g/mol. The first kappa shape index (κ1) is 27.5. The lowest BCUT2D eigenvalue weighted by Gasteiger charge is -2.43.